The van der Waals surface area contributed by atoms with Gasteiger partial charge in [0.2, 0.25) is 0 Å². The average Bonchev–Trinajstić information content (AvgIpc) is 2.29. The lowest BCUT2D eigenvalue weighted by molar-refractivity contribution is -0.144. The molecule has 0 aliphatic carbocycles. The predicted molar refractivity (Wildman–Crippen MR) is 57.3 cm³/mol. The monoisotopic (exact) mass is 244 g/mol. The van der Waals surface area contributed by atoms with Crippen LogP contribution in [0.3, 0.4) is 0 Å². The molecule has 0 fully saturated rings. The molecule has 94 valence electrons. The second kappa shape index (κ2) is 5.23. The largest absolute Gasteiger partial charge is 0.481 e. The molecule has 0 saturated carbocycles. The van der Waals surface area contributed by atoms with Crippen molar-refractivity contribution in [2.75, 3.05) is 0 Å². The van der Waals surface area contributed by atoms with Gasteiger partial charge in [-0.1, -0.05) is 26.0 Å². The summed E-state index contributed by atoms with van der Waals surface area (Å²) in [5, 5.41) is 18.6. The van der Waals surface area contributed by atoms with E-state index in [0.717, 1.165) is 6.07 Å². The standard InChI is InChI=1S/C12H14F2O3/c1-6(7(2)12(16)17)11(15)8-4-3-5-9(13)10(8)14/h3-7,11,15H,1-2H3,(H,16,17). The highest BCUT2D eigenvalue weighted by molar-refractivity contribution is 5.69. The maximum Gasteiger partial charge on any atom is 0.306 e. The molecule has 3 atom stereocenters. The number of rotatable bonds is 4. The molecule has 0 bridgehead atoms. The van der Waals surface area contributed by atoms with E-state index in [4.69, 9.17) is 5.11 Å². The van der Waals surface area contributed by atoms with Crippen LogP contribution in [0.4, 0.5) is 8.78 Å². The van der Waals surface area contributed by atoms with Crippen LogP contribution in [0.15, 0.2) is 18.2 Å². The van der Waals surface area contributed by atoms with E-state index in [1.807, 2.05) is 0 Å². The third-order valence-electron chi connectivity index (χ3n) is 2.98. The number of aliphatic hydroxyl groups is 1. The Morgan fingerprint density at radius 3 is 2.41 bits per heavy atom. The van der Waals surface area contributed by atoms with Crippen LogP contribution in [0, 0.1) is 23.5 Å². The van der Waals surface area contributed by atoms with Gasteiger partial charge >= 0.3 is 5.97 Å². The van der Waals surface area contributed by atoms with Gasteiger partial charge in [-0.15, -0.1) is 0 Å². The minimum atomic E-state index is -1.35. The Bertz CT molecular complexity index is 420. The molecule has 0 radical (unpaired) electrons. The van der Waals surface area contributed by atoms with Gasteiger partial charge in [0.15, 0.2) is 11.6 Å². The van der Waals surface area contributed by atoms with Gasteiger partial charge in [-0.2, -0.15) is 0 Å². The van der Waals surface area contributed by atoms with Crippen molar-refractivity contribution in [1.29, 1.82) is 0 Å². The summed E-state index contributed by atoms with van der Waals surface area (Å²) in [7, 11) is 0. The molecule has 0 aliphatic rings. The van der Waals surface area contributed by atoms with Crippen LogP contribution in [0.2, 0.25) is 0 Å². The topological polar surface area (TPSA) is 57.5 Å². The van der Waals surface area contributed by atoms with E-state index >= 15 is 0 Å². The number of carboxylic acid groups (broad SMARTS) is 1. The van der Waals surface area contributed by atoms with E-state index in [-0.39, 0.29) is 5.56 Å². The first-order chi connectivity index (χ1) is 7.86. The van der Waals surface area contributed by atoms with E-state index in [9.17, 15) is 18.7 Å². The van der Waals surface area contributed by atoms with Crippen molar-refractivity contribution in [3.63, 3.8) is 0 Å². The molecule has 5 heteroatoms. The molecule has 0 amide bonds. The van der Waals surface area contributed by atoms with E-state index in [0.29, 0.717) is 0 Å². The van der Waals surface area contributed by atoms with E-state index in [1.54, 1.807) is 0 Å². The highest BCUT2D eigenvalue weighted by atomic mass is 19.2. The highest BCUT2D eigenvalue weighted by Crippen LogP contribution is 2.30. The number of hydrogen-bond acceptors (Lipinski definition) is 2. The number of carbonyl (C=O) groups is 1. The summed E-state index contributed by atoms with van der Waals surface area (Å²) < 4.78 is 26.4. The summed E-state index contributed by atoms with van der Waals surface area (Å²) in [6.45, 7) is 2.89. The molecule has 0 aromatic heterocycles. The van der Waals surface area contributed by atoms with Gasteiger partial charge in [0.25, 0.3) is 0 Å². The van der Waals surface area contributed by atoms with Gasteiger partial charge < -0.3 is 10.2 Å². The zero-order valence-electron chi connectivity index (χ0n) is 9.52. The lowest BCUT2D eigenvalue weighted by Crippen LogP contribution is -2.24. The average molecular weight is 244 g/mol. The second-order valence-corrected chi connectivity index (χ2v) is 4.07. The molecular weight excluding hydrogens is 230 g/mol. The molecule has 1 rings (SSSR count). The van der Waals surface area contributed by atoms with E-state index in [1.165, 1.54) is 26.0 Å². The summed E-state index contributed by atoms with van der Waals surface area (Å²) >= 11 is 0. The van der Waals surface area contributed by atoms with Crippen molar-refractivity contribution in [3.05, 3.63) is 35.4 Å². The van der Waals surface area contributed by atoms with Gasteiger partial charge in [-0.3, -0.25) is 4.79 Å². The zero-order valence-corrected chi connectivity index (χ0v) is 9.52. The number of halogens is 2. The Labute approximate surface area is 97.7 Å². The molecule has 17 heavy (non-hydrogen) atoms. The van der Waals surface area contributed by atoms with E-state index in [2.05, 4.69) is 0 Å². The van der Waals surface area contributed by atoms with Crippen LogP contribution in [0.1, 0.15) is 25.5 Å². The fourth-order valence-corrected chi connectivity index (χ4v) is 1.53. The molecule has 1 aromatic carbocycles. The molecule has 0 spiro atoms. The third-order valence-corrected chi connectivity index (χ3v) is 2.98. The normalized spacial score (nSPS) is 16.3. The van der Waals surface area contributed by atoms with Crippen LogP contribution in [-0.4, -0.2) is 16.2 Å². The van der Waals surface area contributed by atoms with Crippen molar-refractivity contribution in [3.8, 4) is 0 Å². The Morgan fingerprint density at radius 2 is 1.88 bits per heavy atom. The fraction of sp³-hybridized carbons (Fsp3) is 0.417. The van der Waals surface area contributed by atoms with Crippen molar-refractivity contribution in [2.24, 2.45) is 11.8 Å². The number of benzene rings is 1. The van der Waals surface area contributed by atoms with Crippen LogP contribution in [-0.2, 0) is 4.79 Å². The lowest BCUT2D eigenvalue weighted by Gasteiger charge is -2.22. The molecular formula is C12H14F2O3. The summed E-state index contributed by atoms with van der Waals surface area (Å²) in [4.78, 5) is 10.7. The van der Waals surface area contributed by atoms with Crippen molar-refractivity contribution >= 4 is 5.97 Å². The summed E-state index contributed by atoms with van der Waals surface area (Å²) in [5.41, 5.74) is -0.217. The zero-order chi connectivity index (χ0) is 13.2. The van der Waals surface area contributed by atoms with E-state index < -0.39 is 35.5 Å². The SMILES string of the molecule is CC(C(=O)O)C(C)C(O)c1cccc(F)c1F. The maximum absolute atomic E-state index is 13.4. The summed E-state index contributed by atoms with van der Waals surface area (Å²) in [5.74, 6) is -4.86. The fourth-order valence-electron chi connectivity index (χ4n) is 1.53. The van der Waals surface area contributed by atoms with Crippen LogP contribution in [0.25, 0.3) is 0 Å². The Hall–Kier alpha value is -1.49. The minimum absolute atomic E-state index is 0.217. The van der Waals surface area contributed by atoms with Crippen molar-refractivity contribution in [2.45, 2.75) is 20.0 Å². The highest BCUT2D eigenvalue weighted by Gasteiger charge is 2.29. The van der Waals surface area contributed by atoms with Crippen molar-refractivity contribution in [1.82, 2.24) is 0 Å². The number of aliphatic hydroxyl groups excluding tert-OH is 1. The first-order valence-electron chi connectivity index (χ1n) is 5.21. The molecule has 3 nitrogen and oxygen atoms in total. The van der Waals surface area contributed by atoms with Crippen molar-refractivity contribution < 1.29 is 23.8 Å². The molecule has 1 aromatic rings. The number of aliphatic carboxylic acids is 1. The molecule has 0 aliphatic heterocycles. The number of hydrogen-bond donors (Lipinski definition) is 2. The van der Waals surface area contributed by atoms with Gasteiger partial charge in [-0.25, -0.2) is 8.78 Å². The first-order valence-corrected chi connectivity index (χ1v) is 5.21. The Morgan fingerprint density at radius 1 is 1.29 bits per heavy atom. The molecule has 3 unspecified atom stereocenters. The van der Waals surface area contributed by atoms with Gasteiger partial charge in [-0.05, 0) is 12.0 Å². The van der Waals surface area contributed by atoms with Crippen LogP contribution < -0.4 is 0 Å². The third kappa shape index (κ3) is 2.79. The quantitative estimate of drug-likeness (QED) is 0.854. The lowest BCUT2D eigenvalue weighted by atomic mass is 9.87. The van der Waals surface area contributed by atoms with Gasteiger partial charge in [0.05, 0.1) is 12.0 Å². The molecule has 0 heterocycles. The van der Waals surface area contributed by atoms with Crippen LogP contribution in [0.5, 0.6) is 0 Å². The van der Waals surface area contributed by atoms with Crippen LogP contribution >= 0.6 is 0 Å². The first kappa shape index (κ1) is 13.6. The number of carboxylic acids is 1. The molecule has 0 saturated heterocycles. The van der Waals surface area contributed by atoms with Gasteiger partial charge in [0.1, 0.15) is 0 Å². The summed E-state index contributed by atoms with van der Waals surface area (Å²) in [6, 6.07) is 3.46. The predicted octanol–water partition coefficient (Wildman–Crippen LogP) is 2.36. The summed E-state index contributed by atoms with van der Waals surface area (Å²) in [6.07, 6.45) is -1.35. The van der Waals surface area contributed by atoms with Gasteiger partial charge in [0, 0.05) is 5.56 Å². The maximum atomic E-state index is 13.4. The smallest absolute Gasteiger partial charge is 0.306 e. The second-order valence-electron chi connectivity index (χ2n) is 4.07. The minimum Gasteiger partial charge on any atom is -0.481 e. The Balaban J connectivity index is 3.00. The Kier molecular flexibility index (Phi) is 4.17. The molecule has 2 N–H and O–H groups in total.